The minimum absolute atomic E-state index is 0.523. The van der Waals surface area contributed by atoms with Crippen molar-refractivity contribution in [1.82, 2.24) is 0 Å². The fraction of sp³-hybridized carbons (Fsp3) is 0.357. The first-order valence-corrected chi connectivity index (χ1v) is 5.66. The fourth-order valence-electron chi connectivity index (χ4n) is 1.66. The van der Waals surface area contributed by atoms with Gasteiger partial charge in [-0.05, 0) is 30.2 Å². The topological polar surface area (TPSA) is 44.8 Å². The number of aldehydes is 1. The SMILES string of the molecule is CCC(C=O)=Cc1ccc(OC)c(OC)c1OC. The molecular weight excluding hydrogens is 232 g/mol. The molecule has 0 saturated heterocycles. The van der Waals surface area contributed by atoms with Crippen LogP contribution in [-0.4, -0.2) is 27.6 Å². The molecule has 0 fully saturated rings. The molecule has 4 nitrogen and oxygen atoms in total. The molecule has 0 aromatic heterocycles. The lowest BCUT2D eigenvalue weighted by Crippen LogP contribution is -1.97. The van der Waals surface area contributed by atoms with Crippen LogP contribution in [0.3, 0.4) is 0 Å². The van der Waals surface area contributed by atoms with Gasteiger partial charge in [-0.15, -0.1) is 0 Å². The standard InChI is InChI=1S/C14H18O4/c1-5-10(9-15)8-11-6-7-12(16-2)14(18-4)13(11)17-3/h6-9H,5H2,1-4H3. The molecule has 1 aromatic rings. The van der Waals surface area contributed by atoms with Gasteiger partial charge in [0.15, 0.2) is 11.5 Å². The molecule has 0 saturated carbocycles. The maximum Gasteiger partial charge on any atom is 0.203 e. The van der Waals surface area contributed by atoms with Crippen molar-refractivity contribution in [2.45, 2.75) is 13.3 Å². The number of benzene rings is 1. The molecule has 0 amide bonds. The average molecular weight is 250 g/mol. The molecule has 0 atom stereocenters. The Bertz CT molecular complexity index is 449. The Morgan fingerprint density at radius 3 is 2.22 bits per heavy atom. The smallest absolute Gasteiger partial charge is 0.203 e. The van der Waals surface area contributed by atoms with Crippen LogP contribution in [0.15, 0.2) is 17.7 Å². The molecule has 0 bridgehead atoms. The summed E-state index contributed by atoms with van der Waals surface area (Å²) >= 11 is 0. The Kier molecular flexibility index (Phi) is 5.24. The van der Waals surface area contributed by atoms with E-state index in [1.807, 2.05) is 13.0 Å². The van der Waals surface area contributed by atoms with Gasteiger partial charge in [0, 0.05) is 5.56 Å². The van der Waals surface area contributed by atoms with Gasteiger partial charge in [0.25, 0.3) is 0 Å². The average Bonchev–Trinajstić information content (AvgIpc) is 2.43. The van der Waals surface area contributed by atoms with Gasteiger partial charge in [-0.2, -0.15) is 0 Å². The summed E-state index contributed by atoms with van der Waals surface area (Å²) in [7, 11) is 4.67. The van der Waals surface area contributed by atoms with Gasteiger partial charge in [-0.25, -0.2) is 0 Å². The van der Waals surface area contributed by atoms with Crippen molar-refractivity contribution in [3.63, 3.8) is 0 Å². The number of carbonyl (C=O) groups excluding carboxylic acids is 1. The summed E-state index contributed by atoms with van der Waals surface area (Å²) in [5, 5.41) is 0. The molecular formula is C14H18O4. The summed E-state index contributed by atoms with van der Waals surface area (Å²) in [5.41, 5.74) is 1.49. The van der Waals surface area contributed by atoms with E-state index in [1.54, 1.807) is 33.5 Å². The largest absolute Gasteiger partial charge is 0.493 e. The monoisotopic (exact) mass is 250 g/mol. The van der Waals surface area contributed by atoms with E-state index in [-0.39, 0.29) is 0 Å². The minimum Gasteiger partial charge on any atom is -0.493 e. The Morgan fingerprint density at radius 1 is 1.11 bits per heavy atom. The van der Waals surface area contributed by atoms with Crippen LogP contribution in [0.5, 0.6) is 17.2 Å². The number of hydrogen-bond acceptors (Lipinski definition) is 4. The summed E-state index contributed by atoms with van der Waals surface area (Å²) in [6.07, 6.45) is 3.30. The first-order valence-electron chi connectivity index (χ1n) is 5.66. The highest BCUT2D eigenvalue weighted by Crippen LogP contribution is 2.40. The van der Waals surface area contributed by atoms with Crippen molar-refractivity contribution in [3.05, 3.63) is 23.3 Å². The van der Waals surface area contributed by atoms with Gasteiger partial charge in [0.2, 0.25) is 5.75 Å². The molecule has 0 spiro atoms. The third kappa shape index (κ3) is 2.83. The normalized spacial score (nSPS) is 11.0. The van der Waals surface area contributed by atoms with E-state index in [0.29, 0.717) is 29.2 Å². The van der Waals surface area contributed by atoms with Crippen LogP contribution in [0.25, 0.3) is 6.08 Å². The lowest BCUT2D eigenvalue weighted by atomic mass is 10.1. The lowest BCUT2D eigenvalue weighted by Gasteiger charge is -2.14. The Morgan fingerprint density at radius 2 is 1.78 bits per heavy atom. The molecule has 0 N–H and O–H groups in total. The maximum atomic E-state index is 10.9. The van der Waals surface area contributed by atoms with Gasteiger partial charge in [0.1, 0.15) is 6.29 Å². The predicted molar refractivity (Wildman–Crippen MR) is 70.4 cm³/mol. The summed E-state index contributed by atoms with van der Waals surface area (Å²) in [6, 6.07) is 3.62. The summed E-state index contributed by atoms with van der Waals surface area (Å²) < 4.78 is 15.8. The van der Waals surface area contributed by atoms with Crippen molar-refractivity contribution in [1.29, 1.82) is 0 Å². The summed E-state index contributed by atoms with van der Waals surface area (Å²) in [6.45, 7) is 1.92. The van der Waals surface area contributed by atoms with Gasteiger partial charge >= 0.3 is 0 Å². The van der Waals surface area contributed by atoms with Gasteiger partial charge in [-0.1, -0.05) is 6.92 Å². The third-order valence-corrected chi connectivity index (χ3v) is 2.64. The Balaban J connectivity index is 3.37. The highest BCUT2D eigenvalue weighted by molar-refractivity contribution is 5.83. The second-order valence-electron chi connectivity index (χ2n) is 3.61. The summed E-state index contributed by atoms with van der Waals surface area (Å²) in [5.74, 6) is 1.68. The zero-order chi connectivity index (χ0) is 13.5. The first kappa shape index (κ1) is 14.1. The van der Waals surface area contributed by atoms with E-state index in [0.717, 1.165) is 11.8 Å². The second kappa shape index (κ2) is 6.69. The number of allylic oxidation sites excluding steroid dienone is 1. The Hall–Kier alpha value is -1.97. The van der Waals surface area contributed by atoms with Crippen LogP contribution in [0.2, 0.25) is 0 Å². The zero-order valence-corrected chi connectivity index (χ0v) is 11.1. The quantitative estimate of drug-likeness (QED) is 0.575. The van der Waals surface area contributed by atoms with Crippen LogP contribution in [0, 0.1) is 0 Å². The van der Waals surface area contributed by atoms with Crippen LogP contribution in [-0.2, 0) is 4.79 Å². The lowest BCUT2D eigenvalue weighted by molar-refractivity contribution is -0.104. The molecule has 1 rings (SSSR count). The molecule has 4 heteroatoms. The molecule has 0 radical (unpaired) electrons. The van der Waals surface area contributed by atoms with Gasteiger partial charge < -0.3 is 14.2 Å². The van der Waals surface area contributed by atoms with Crippen molar-refractivity contribution in [3.8, 4) is 17.2 Å². The van der Waals surface area contributed by atoms with E-state index < -0.39 is 0 Å². The number of ether oxygens (including phenoxy) is 3. The Labute approximate surface area is 107 Å². The molecule has 0 aliphatic heterocycles. The number of carbonyl (C=O) groups is 1. The van der Waals surface area contributed by atoms with Crippen LogP contribution in [0.1, 0.15) is 18.9 Å². The van der Waals surface area contributed by atoms with E-state index >= 15 is 0 Å². The number of methoxy groups -OCH3 is 3. The minimum atomic E-state index is 0.523. The third-order valence-electron chi connectivity index (χ3n) is 2.64. The van der Waals surface area contributed by atoms with Crippen LogP contribution >= 0.6 is 0 Å². The molecule has 0 heterocycles. The highest BCUT2D eigenvalue weighted by atomic mass is 16.5. The second-order valence-corrected chi connectivity index (χ2v) is 3.61. The maximum absolute atomic E-state index is 10.9. The molecule has 0 unspecified atom stereocenters. The summed E-state index contributed by atoms with van der Waals surface area (Å²) in [4.78, 5) is 10.9. The molecule has 18 heavy (non-hydrogen) atoms. The van der Waals surface area contributed by atoms with Crippen molar-refractivity contribution < 1.29 is 19.0 Å². The van der Waals surface area contributed by atoms with Crippen molar-refractivity contribution >= 4 is 12.4 Å². The molecule has 1 aromatic carbocycles. The van der Waals surface area contributed by atoms with Gasteiger partial charge in [0.05, 0.1) is 21.3 Å². The van der Waals surface area contributed by atoms with Crippen LogP contribution < -0.4 is 14.2 Å². The molecule has 0 aliphatic rings. The van der Waals surface area contributed by atoms with E-state index in [9.17, 15) is 4.79 Å². The first-order chi connectivity index (χ1) is 8.71. The predicted octanol–water partition coefficient (Wildman–Crippen LogP) is 2.70. The van der Waals surface area contributed by atoms with E-state index in [1.165, 1.54) is 0 Å². The van der Waals surface area contributed by atoms with Crippen molar-refractivity contribution in [2.24, 2.45) is 0 Å². The number of rotatable bonds is 6. The van der Waals surface area contributed by atoms with E-state index in [4.69, 9.17) is 14.2 Å². The zero-order valence-electron chi connectivity index (χ0n) is 11.1. The molecule has 98 valence electrons. The van der Waals surface area contributed by atoms with Crippen molar-refractivity contribution in [2.75, 3.05) is 21.3 Å². The number of hydrogen-bond donors (Lipinski definition) is 0. The molecule has 0 aliphatic carbocycles. The van der Waals surface area contributed by atoms with E-state index in [2.05, 4.69) is 0 Å². The fourth-order valence-corrected chi connectivity index (χ4v) is 1.66. The van der Waals surface area contributed by atoms with Gasteiger partial charge in [-0.3, -0.25) is 4.79 Å². The van der Waals surface area contributed by atoms with Crippen LogP contribution in [0.4, 0.5) is 0 Å². The highest BCUT2D eigenvalue weighted by Gasteiger charge is 2.14.